The van der Waals surface area contributed by atoms with Crippen LogP contribution >= 0.6 is 15.9 Å². The van der Waals surface area contributed by atoms with Crippen LogP contribution in [0, 0.1) is 18.1 Å². The van der Waals surface area contributed by atoms with Crippen molar-refractivity contribution in [1.29, 1.82) is 0 Å². The number of nitrogens with zero attached hydrogens (tertiary/aromatic N) is 1. The van der Waals surface area contributed by atoms with Crippen LogP contribution in [0.3, 0.4) is 0 Å². The molecule has 6 nitrogen and oxygen atoms in total. The van der Waals surface area contributed by atoms with Crippen LogP contribution in [-0.4, -0.2) is 35.5 Å². The predicted molar refractivity (Wildman–Crippen MR) is 141 cm³/mol. The molecule has 0 bridgehead atoms. The summed E-state index contributed by atoms with van der Waals surface area (Å²) in [4.78, 5) is 28.3. The quantitative estimate of drug-likeness (QED) is 0.415. The molecule has 2 atom stereocenters. The van der Waals surface area contributed by atoms with Crippen LogP contribution in [0.2, 0.25) is 0 Å². The smallest absolute Gasteiger partial charge is 0.250 e. The summed E-state index contributed by atoms with van der Waals surface area (Å²) in [5.41, 5.74) is 2.24. The van der Waals surface area contributed by atoms with Gasteiger partial charge in [0.25, 0.3) is 0 Å². The van der Waals surface area contributed by atoms with Gasteiger partial charge in [-0.3, -0.25) is 14.5 Å². The number of fused-ring (bicyclic) bond motifs is 2. The number of aryl methyl sites for hydroxylation is 1. The first-order valence-corrected chi connectivity index (χ1v) is 12.7. The second-order valence-corrected chi connectivity index (χ2v) is 10.4. The standard InChI is InChI=1S/C28H30BrN3O3/c1-17(2)15-30-18(3)27(34)31-24-12-8-19-6-4-5-7-25(19)32(28(24)35)16-23-22-11-10-21(29)14-20(22)9-13-26(23)33/h4,6,9-11,13-14,17-18,24,30,33H,8,12,15-16H2,1-3H3,(H,31,34)/t18-,24-/m0/s1. The van der Waals surface area contributed by atoms with E-state index >= 15 is 0 Å². The first kappa shape index (κ1) is 25.0. The number of nitrogens with one attached hydrogen (secondary N) is 2. The maximum atomic E-state index is 13.8. The van der Waals surface area contributed by atoms with Crippen molar-refractivity contribution in [3.63, 3.8) is 0 Å². The van der Waals surface area contributed by atoms with E-state index in [1.165, 1.54) is 0 Å². The summed E-state index contributed by atoms with van der Waals surface area (Å²) in [6.45, 7) is 6.83. The minimum atomic E-state index is -0.683. The topological polar surface area (TPSA) is 81.7 Å². The highest BCUT2D eigenvalue weighted by molar-refractivity contribution is 9.10. The van der Waals surface area contributed by atoms with E-state index in [9.17, 15) is 14.7 Å². The van der Waals surface area contributed by atoms with Crippen molar-refractivity contribution < 1.29 is 14.7 Å². The minimum Gasteiger partial charge on any atom is -0.508 e. The van der Waals surface area contributed by atoms with Crippen molar-refractivity contribution >= 4 is 44.2 Å². The molecule has 0 saturated heterocycles. The van der Waals surface area contributed by atoms with Gasteiger partial charge in [0, 0.05) is 10.0 Å². The molecule has 2 amide bonds. The molecule has 0 unspecified atom stereocenters. The molecule has 0 spiro atoms. The van der Waals surface area contributed by atoms with Gasteiger partial charge in [-0.15, -0.1) is 0 Å². The number of anilines is 1. The Morgan fingerprint density at radius 3 is 2.80 bits per heavy atom. The van der Waals surface area contributed by atoms with Crippen molar-refractivity contribution in [2.24, 2.45) is 5.92 Å². The van der Waals surface area contributed by atoms with Crippen LogP contribution in [0.1, 0.15) is 38.3 Å². The Morgan fingerprint density at radius 2 is 2.03 bits per heavy atom. The highest BCUT2D eigenvalue weighted by Gasteiger charge is 2.33. The fraction of sp³-hybridized carbons (Fsp3) is 0.357. The predicted octanol–water partition coefficient (Wildman–Crippen LogP) is 4.51. The van der Waals surface area contributed by atoms with Crippen molar-refractivity contribution in [3.05, 3.63) is 70.2 Å². The zero-order chi connectivity index (χ0) is 25.1. The Hall–Kier alpha value is -3.08. The zero-order valence-electron chi connectivity index (χ0n) is 20.2. The third kappa shape index (κ3) is 5.61. The lowest BCUT2D eigenvalue weighted by molar-refractivity contribution is -0.128. The van der Waals surface area contributed by atoms with E-state index in [-0.39, 0.29) is 24.1 Å². The molecule has 3 aromatic rings. The second kappa shape index (κ2) is 10.7. The molecule has 0 fully saturated rings. The maximum Gasteiger partial charge on any atom is 0.250 e. The van der Waals surface area contributed by atoms with E-state index in [1.54, 1.807) is 24.0 Å². The Labute approximate surface area is 214 Å². The average Bonchev–Trinajstić information content (AvgIpc) is 2.96. The molecule has 7 heteroatoms. The lowest BCUT2D eigenvalue weighted by atomic mass is 10.0. The number of benzene rings is 2. The molecule has 3 aromatic carbocycles. The van der Waals surface area contributed by atoms with Crippen molar-refractivity contribution in [2.45, 2.75) is 52.2 Å². The Morgan fingerprint density at radius 1 is 1.23 bits per heavy atom. The van der Waals surface area contributed by atoms with Gasteiger partial charge in [-0.2, -0.15) is 0 Å². The summed E-state index contributed by atoms with van der Waals surface area (Å²) in [6, 6.07) is 18.0. The molecule has 35 heavy (non-hydrogen) atoms. The molecule has 1 heterocycles. The Balaban J connectivity index is 1.66. The van der Waals surface area contributed by atoms with Gasteiger partial charge in [-0.1, -0.05) is 48.0 Å². The van der Waals surface area contributed by atoms with Crippen LogP contribution in [0.25, 0.3) is 10.8 Å². The summed E-state index contributed by atoms with van der Waals surface area (Å²) >= 11 is 3.49. The first-order valence-electron chi connectivity index (χ1n) is 11.9. The first-order chi connectivity index (χ1) is 16.7. The molecular weight excluding hydrogens is 506 g/mol. The van der Waals surface area contributed by atoms with Crippen LogP contribution in [0.4, 0.5) is 5.69 Å². The highest BCUT2D eigenvalue weighted by atomic mass is 79.9. The van der Waals surface area contributed by atoms with Gasteiger partial charge in [0.05, 0.1) is 18.3 Å². The van der Waals surface area contributed by atoms with Crippen LogP contribution < -0.4 is 15.5 Å². The molecule has 1 aliphatic rings. The summed E-state index contributed by atoms with van der Waals surface area (Å²) < 4.78 is 0.934. The largest absolute Gasteiger partial charge is 0.508 e. The third-order valence-corrected chi connectivity index (χ3v) is 6.82. The number of hydrogen-bond donors (Lipinski definition) is 3. The second-order valence-electron chi connectivity index (χ2n) is 9.45. The number of halogens is 1. The van der Waals surface area contributed by atoms with Gasteiger partial charge in [0.15, 0.2) is 0 Å². The summed E-state index contributed by atoms with van der Waals surface area (Å²) in [5, 5.41) is 18.7. The van der Waals surface area contributed by atoms with E-state index < -0.39 is 12.1 Å². The molecule has 1 aliphatic heterocycles. The highest BCUT2D eigenvalue weighted by Crippen LogP contribution is 2.33. The van der Waals surface area contributed by atoms with E-state index in [4.69, 9.17) is 0 Å². The minimum absolute atomic E-state index is 0.116. The molecular formula is C28H30BrN3O3. The normalized spacial score (nSPS) is 16.5. The van der Waals surface area contributed by atoms with E-state index in [0.717, 1.165) is 20.8 Å². The molecule has 0 aliphatic carbocycles. The molecule has 0 aromatic heterocycles. The van der Waals surface area contributed by atoms with Crippen LogP contribution in [-0.2, 0) is 22.6 Å². The van der Waals surface area contributed by atoms with Gasteiger partial charge < -0.3 is 15.7 Å². The number of carbonyl (C=O) groups is 2. The van der Waals surface area contributed by atoms with Gasteiger partial charge in [0.1, 0.15) is 11.8 Å². The van der Waals surface area contributed by atoms with Gasteiger partial charge in [-0.05, 0) is 85.0 Å². The van der Waals surface area contributed by atoms with Crippen molar-refractivity contribution in [1.82, 2.24) is 10.6 Å². The van der Waals surface area contributed by atoms with E-state index in [2.05, 4.69) is 52.5 Å². The monoisotopic (exact) mass is 535 g/mol. The number of aromatic hydroxyl groups is 1. The molecule has 4 rings (SSSR count). The molecule has 0 radical (unpaired) electrons. The number of amides is 2. The summed E-state index contributed by atoms with van der Waals surface area (Å²) in [7, 11) is 0. The Kier molecular flexibility index (Phi) is 7.63. The fourth-order valence-electron chi connectivity index (χ4n) is 4.35. The lowest BCUT2D eigenvalue weighted by Gasteiger charge is -2.27. The van der Waals surface area contributed by atoms with Crippen LogP contribution in [0.5, 0.6) is 5.75 Å². The molecule has 182 valence electrons. The average molecular weight is 536 g/mol. The number of carbonyl (C=O) groups excluding carboxylic acids is 2. The van der Waals surface area contributed by atoms with E-state index in [0.29, 0.717) is 36.6 Å². The lowest BCUT2D eigenvalue weighted by Crippen LogP contribution is -2.52. The maximum absolute atomic E-state index is 13.8. The van der Waals surface area contributed by atoms with Crippen molar-refractivity contribution in [2.75, 3.05) is 11.4 Å². The summed E-state index contributed by atoms with van der Waals surface area (Å²) in [5.74, 6) is 0.0989. The fourth-order valence-corrected chi connectivity index (χ4v) is 4.73. The molecule has 3 N–H and O–H groups in total. The zero-order valence-corrected chi connectivity index (χ0v) is 21.8. The Bertz CT molecular complexity index is 1240. The number of phenols is 1. The number of rotatable bonds is 7. The van der Waals surface area contributed by atoms with Gasteiger partial charge in [-0.25, -0.2) is 0 Å². The van der Waals surface area contributed by atoms with Crippen molar-refractivity contribution in [3.8, 4) is 5.75 Å². The number of hydrogen-bond acceptors (Lipinski definition) is 4. The van der Waals surface area contributed by atoms with Gasteiger partial charge >= 0.3 is 0 Å². The molecule has 0 saturated carbocycles. The van der Waals surface area contributed by atoms with E-state index in [1.807, 2.05) is 30.3 Å². The third-order valence-electron chi connectivity index (χ3n) is 6.33. The summed E-state index contributed by atoms with van der Waals surface area (Å²) in [6.07, 6.45) is 1.10. The van der Waals surface area contributed by atoms with Gasteiger partial charge in [0.2, 0.25) is 11.8 Å². The number of phenolic OH excluding ortho intramolecular Hbond substituents is 1. The SMILES string of the molecule is CC(C)CN[C@@H](C)C(=O)N[C@H]1CCc2ccc#cc2N(Cc2c(O)ccc3cc(Br)ccc23)C1=O. The van der Waals surface area contributed by atoms with Crippen LogP contribution in [0.15, 0.2) is 46.9 Å².